The van der Waals surface area contributed by atoms with E-state index in [4.69, 9.17) is 0 Å². The number of amides is 1. The van der Waals surface area contributed by atoms with Gasteiger partial charge in [0, 0.05) is 48.7 Å². The number of hydrogen-bond donors (Lipinski definition) is 0. The zero-order valence-electron chi connectivity index (χ0n) is 14.0. The van der Waals surface area contributed by atoms with Gasteiger partial charge in [-0.3, -0.25) is 9.59 Å². The predicted molar refractivity (Wildman–Crippen MR) is 98.0 cm³/mol. The molecular weight excluding hydrogens is 334 g/mol. The molecule has 1 aromatic carbocycles. The van der Waals surface area contributed by atoms with E-state index in [9.17, 15) is 9.59 Å². The van der Waals surface area contributed by atoms with E-state index >= 15 is 0 Å². The van der Waals surface area contributed by atoms with Gasteiger partial charge in [0.15, 0.2) is 5.82 Å². The molecule has 1 fully saturated rings. The van der Waals surface area contributed by atoms with Gasteiger partial charge in [-0.15, -0.1) is 11.3 Å². The third-order valence-electron chi connectivity index (χ3n) is 4.82. The van der Waals surface area contributed by atoms with Crippen LogP contribution in [0.25, 0.3) is 10.1 Å². The highest BCUT2D eigenvalue weighted by molar-refractivity contribution is 7.17. The van der Waals surface area contributed by atoms with Gasteiger partial charge >= 0.3 is 0 Å². The Morgan fingerprint density at radius 3 is 2.96 bits per heavy atom. The maximum Gasteiger partial charge on any atom is 0.253 e. The van der Waals surface area contributed by atoms with Crippen LogP contribution in [0, 0.1) is 5.92 Å². The number of aromatic nitrogens is 2. The van der Waals surface area contributed by atoms with Crippen LogP contribution in [-0.2, 0) is 7.05 Å². The molecule has 128 valence electrons. The highest BCUT2D eigenvalue weighted by atomic mass is 32.1. The third-order valence-corrected chi connectivity index (χ3v) is 5.72. The largest absolute Gasteiger partial charge is 0.338 e. The minimum Gasteiger partial charge on any atom is -0.338 e. The average molecular weight is 353 g/mol. The van der Waals surface area contributed by atoms with Gasteiger partial charge in [0.25, 0.3) is 5.91 Å². The Morgan fingerprint density at radius 1 is 1.28 bits per heavy atom. The topological polar surface area (TPSA) is 55.2 Å². The lowest BCUT2D eigenvalue weighted by Crippen LogP contribution is -2.42. The summed E-state index contributed by atoms with van der Waals surface area (Å²) < 4.78 is 2.92. The number of likely N-dealkylation sites (tertiary alicyclic amines) is 1. The molecule has 2 aromatic heterocycles. The number of benzene rings is 1. The first-order chi connectivity index (χ1) is 12.1. The van der Waals surface area contributed by atoms with E-state index in [1.807, 2.05) is 41.6 Å². The number of Topliss-reactive ketones (excluding diaryl/α,β-unsaturated/α-hetero) is 1. The van der Waals surface area contributed by atoms with Crippen LogP contribution in [0.3, 0.4) is 0 Å². The fraction of sp³-hybridized carbons (Fsp3) is 0.316. The van der Waals surface area contributed by atoms with Gasteiger partial charge in [0.2, 0.25) is 5.78 Å². The lowest BCUT2D eigenvalue weighted by Gasteiger charge is -2.32. The second-order valence-corrected chi connectivity index (χ2v) is 7.44. The molecule has 0 N–H and O–H groups in total. The maximum atomic E-state index is 12.9. The summed E-state index contributed by atoms with van der Waals surface area (Å²) in [6.07, 6.45) is 5.05. The van der Waals surface area contributed by atoms with Crippen molar-refractivity contribution in [3.05, 3.63) is 53.4 Å². The number of hydrogen-bond acceptors (Lipinski definition) is 4. The number of aryl methyl sites for hydroxylation is 1. The Kier molecular flexibility index (Phi) is 4.13. The van der Waals surface area contributed by atoms with Crippen molar-refractivity contribution >= 4 is 33.1 Å². The summed E-state index contributed by atoms with van der Waals surface area (Å²) in [7, 11) is 1.82. The molecule has 5 nitrogen and oxygen atoms in total. The highest BCUT2D eigenvalue weighted by Gasteiger charge is 2.31. The summed E-state index contributed by atoms with van der Waals surface area (Å²) in [5, 5.41) is 3.12. The standard InChI is InChI=1S/C19H19N3O2S/c1-21-9-7-20-18(21)17(23)15-3-2-8-22(12-15)19(24)14-4-5-16-13(11-14)6-10-25-16/h4-7,9-11,15H,2-3,8,12H2,1H3/t15-/m0/s1. The average Bonchev–Trinajstić information content (AvgIpc) is 3.28. The van der Waals surface area contributed by atoms with Crippen molar-refractivity contribution in [1.29, 1.82) is 0 Å². The second-order valence-electron chi connectivity index (χ2n) is 6.49. The molecule has 0 radical (unpaired) electrons. The molecule has 0 saturated carbocycles. The van der Waals surface area contributed by atoms with E-state index in [-0.39, 0.29) is 17.6 Å². The SMILES string of the molecule is Cn1ccnc1C(=O)[C@H]1CCCN(C(=O)c2ccc3sccc3c2)C1. The Morgan fingerprint density at radius 2 is 2.16 bits per heavy atom. The van der Waals surface area contributed by atoms with E-state index < -0.39 is 0 Å². The van der Waals surface area contributed by atoms with Crippen molar-refractivity contribution in [3.63, 3.8) is 0 Å². The quantitative estimate of drug-likeness (QED) is 0.679. The summed E-state index contributed by atoms with van der Waals surface area (Å²) >= 11 is 1.67. The number of carbonyl (C=O) groups is 2. The summed E-state index contributed by atoms with van der Waals surface area (Å²) in [5.41, 5.74) is 0.691. The smallest absolute Gasteiger partial charge is 0.253 e. The van der Waals surface area contributed by atoms with Crippen molar-refractivity contribution < 1.29 is 9.59 Å². The van der Waals surface area contributed by atoms with E-state index in [0.717, 1.165) is 18.2 Å². The van der Waals surface area contributed by atoms with E-state index in [2.05, 4.69) is 4.98 Å². The number of thiophene rings is 1. The molecule has 0 bridgehead atoms. The predicted octanol–water partition coefficient (Wildman–Crippen LogP) is 3.37. The summed E-state index contributed by atoms with van der Waals surface area (Å²) in [6.45, 7) is 1.16. The molecule has 1 aliphatic heterocycles. The fourth-order valence-electron chi connectivity index (χ4n) is 3.44. The highest BCUT2D eigenvalue weighted by Crippen LogP contribution is 2.25. The van der Waals surface area contributed by atoms with Gasteiger partial charge in [-0.2, -0.15) is 0 Å². The fourth-order valence-corrected chi connectivity index (χ4v) is 4.21. The van der Waals surface area contributed by atoms with Gasteiger partial charge in [-0.25, -0.2) is 4.98 Å². The van der Waals surface area contributed by atoms with Crippen LogP contribution < -0.4 is 0 Å². The van der Waals surface area contributed by atoms with E-state index in [1.165, 1.54) is 4.70 Å². The van der Waals surface area contributed by atoms with Gasteiger partial charge in [0.1, 0.15) is 0 Å². The van der Waals surface area contributed by atoms with Crippen molar-refractivity contribution in [2.24, 2.45) is 13.0 Å². The minimum atomic E-state index is -0.177. The molecule has 0 spiro atoms. The molecule has 3 aromatic rings. The first-order valence-corrected chi connectivity index (χ1v) is 9.29. The summed E-state index contributed by atoms with van der Waals surface area (Å²) in [6, 6.07) is 7.85. The Balaban J connectivity index is 1.53. The molecule has 1 aliphatic rings. The first kappa shape index (κ1) is 16.0. The number of rotatable bonds is 3. The zero-order chi connectivity index (χ0) is 17.4. The maximum absolute atomic E-state index is 12.9. The van der Waals surface area contributed by atoms with Crippen LogP contribution in [0.4, 0.5) is 0 Å². The van der Waals surface area contributed by atoms with Crippen LogP contribution in [0.2, 0.25) is 0 Å². The van der Waals surface area contributed by atoms with Crippen molar-refractivity contribution in [3.8, 4) is 0 Å². The number of carbonyl (C=O) groups excluding carboxylic acids is 2. The molecule has 1 saturated heterocycles. The molecule has 0 unspecified atom stereocenters. The molecule has 4 rings (SSSR count). The van der Waals surface area contributed by atoms with Crippen LogP contribution in [0.15, 0.2) is 42.0 Å². The molecule has 25 heavy (non-hydrogen) atoms. The van der Waals surface area contributed by atoms with Crippen molar-refractivity contribution in [2.45, 2.75) is 12.8 Å². The second kappa shape index (κ2) is 6.44. The number of nitrogens with zero attached hydrogens (tertiary/aromatic N) is 3. The number of fused-ring (bicyclic) bond motifs is 1. The normalized spacial score (nSPS) is 17.8. The first-order valence-electron chi connectivity index (χ1n) is 8.41. The van der Waals surface area contributed by atoms with E-state index in [0.29, 0.717) is 24.5 Å². The lowest BCUT2D eigenvalue weighted by molar-refractivity contribution is 0.0633. The van der Waals surface area contributed by atoms with Gasteiger partial charge < -0.3 is 9.47 Å². The Hall–Kier alpha value is -2.47. The summed E-state index contributed by atoms with van der Waals surface area (Å²) in [4.78, 5) is 31.6. The Bertz CT molecular complexity index is 943. The van der Waals surface area contributed by atoms with Gasteiger partial charge in [-0.05, 0) is 47.9 Å². The Labute approximate surface area is 149 Å². The van der Waals surface area contributed by atoms with Crippen LogP contribution in [0.1, 0.15) is 33.8 Å². The summed E-state index contributed by atoms with van der Waals surface area (Å²) in [5.74, 6) is 0.325. The van der Waals surface area contributed by atoms with Crippen LogP contribution in [0.5, 0.6) is 0 Å². The zero-order valence-corrected chi connectivity index (χ0v) is 14.8. The lowest BCUT2D eigenvalue weighted by atomic mass is 9.92. The number of piperidine rings is 1. The molecule has 1 atom stereocenters. The van der Waals surface area contributed by atoms with Crippen molar-refractivity contribution in [2.75, 3.05) is 13.1 Å². The monoisotopic (exact) mass is 353 g/mol. The van der Waals surface area contributed by atoms with Gasteiger partial charge in [-0.1, -0.05) is 0 Å². The van der Waals surface area contributed by atoms with Crippen LogP contribution in [-0.4, -0.2) is 39.2 Å². The minimum absolute atomic E-state index is 0.00504. The van der Waals surface area contributed by atoms with Crippen LogP contribution >= 0.6 is 11.3 Å². The molecular formula is C19H19N3O2S. The molecule has 6 heteroatoms. The molecule has 1 amide bonds. The third kappa shape index (κ3) is 2.98. The molecule has 3 heterocycles. The number of ketones is 1. The van der Waals surface area contributed by atoms with Crippen molar-refractivity contribution in [1.82, 2.24) is 14.5 Å². The van der Waals surface area contributed by atoms with E-state index in [1.54, 1.807) is 28.3 Å². The van der Waals surface area contributed by atoms with Gasteiger partial charge in [0.05, 0.1) is 0 Å². The molecule has 0 aliphatic carbocycles. The number of imidazole rings is 1.